The van der Waals surface area contributed by atoms with Gasteiger partial charge in [0, 0.05) is 19.0 Å². The van der Waals surface area contributed by atoms with E-state index in [9.17, 15) is 19.2 Å². The van der Waals surface area contributed by atoms with Crippen LogP contribution in [-0.4, -0.2) is 70.8 Å². The lowest BCUT2D eigenvalue weighted by Crippen LogP contribution is -2.56. The van der Waals surface area contributed by atoms with Crippen LogP contribution in [-0.2, 0) is 14.3 Å². The van der Waals surface area contributed by atoms with E-state index in [4.69, 9.17) is 14.6 Å². The first-order chi connectivity index (χ1) is 19.4. The number of hydrogen-bond acceptors (Lipinski definition) is 7. The molecule has 222 valence electrons. The Balaban J connectivity index is 0.000000226. The molecule has 0 bridgehead atoms. The summed E-state index contributed by atoms with van der Waals surface area (Å²) in [4.78, 5) is 55.6. The molecule has 1 aromatic heterocycles. The molecule has 41 heavy (non-hydrogen) atoms. The minimum absolute atomic E-state index is 0.245. The monoisotopic (exact) mass is 568 g/mol. The molecular formula is C30H40N4O7. The van der Waals surface area contributed by atoms with Crippen molar-refractivity contribution in [2.45, 2.75) is 77.8 Å². The van der Waals surface area contributed by atoms with Gasteiger partial charge in [-0.15, -0.1) is 0 Å². The SMILES string of the molecule is COC(=O)C1CCCN1C(=O)C(NC(=O)O)C(C)(C)C.COc1ccc2nc(C#CCCCC3CC3)c(=O)[nH]c2c1. The van der Waals surface area contributed by atoms with E-state index in [1.807, 2.05) is 12.1 Å². The Bertz CT molecular complexity index is 1360. The highest BCUT2D eigenvalue weighted by molar-refractivity contribution is 5.90. The van der Waals surface area contributed by atoms with Crippen LogP contribution >= 0.6 is 0 Å². The fraction of sp³-hybridized carbons (Fsp3) is 0.567. The molecule has 11 heteroatoms. The maximum absolute atomic E-state index is 12.6. The van der Waals surface area contributed by atoms with Gasteiger partial charge in [0.2, 0.25) is 5.91 Å². The number of aromatic amines is 1. The van der Waals surface area contributed by atoms with Crippen LogP contribution in [0.25, 0.3) is 11.0 Å². The molecule has 1 aromatic carbocycles. The number of hydrogen-bond donors (Lipinski definition) is 3. The molecule has 2 atom stereocenters. The summed E-state index contributed by atoms with van der Waals surface area (Å²) in [7, 11) is 2.87. The number of carboxylic acid groups (broad SMARTS) is 1. The lowest BCUT2D eigenvalue weighted by Gasteiger charge is -2.34. The molecule has 1 aliphatic carbocycles. The Labute approximate surface area is 240 Å². The van der Waals surface area contributed by atoms with E-state index in [2.05, 4.69) is 27.1 Å². The van der Waals surface area contributed by atoms with Crippen molar-refractivity contribution in [3.8, 4) is 17.6 Å². The van der Waals surface area contributed by atoms with Gasteiger partial charge in [0.05, 0.1) is 25.3 Å². The normalized spacial score (nSPS) is 17.0. The summed E-state index contributed by atoms with van der Waals surface area (Å²) < 4.78 is 9.82. The zero-order valence-electron chi connectivity index (χ0n) is 24.4. The van der Waals surface area contributed by atoms with Gasteiger partial charge >= 0.3 is 12.1 Å². The molecule has 11 nitrogen and oxygen atoms in total. The van der Waals surface area contributed by atoms with Crippen LogP contribution < -0.4 is 15.6 Å². The molecule has 2 fully saturated rings. The molecule has 0 radical (unpaired) electrons. The van der Waals surface area contributed by atoms with Crippen molar-refractivity contribution in [1.82, 2.24) is 20.2 Å². The van der Waals surface area contributed by atoms with E-state index in [1.165, 1.54) is 31.3 Å². The number of amides is 2. The van der Waals surface area contributed by atoms with Crippen LogP contribution in [0.4, 0.5) is 4.79 Å². The van der Waals surface area contributed by atoms with Crippen molar-refractivity contribution < 1.29 is 29.0 Å². The minimum atomic E-state index is -1.26. The number of ether oxygens (including phenoxy) is 2. The number of H-pyrrole nitrogens is 1. The lowest BCUT2D eigenvalue weighted by molar-refractivity contribution is -0.152. The van der Waals surface area contributed by atoms with E-state index in [-0.39, 0.29) is 11.5 Å². The van der Waals surface area contributed by atoms with Gasteiger partial charge in [-0.05, 0) is 55.1 Å². The minimum Gasteiger partial charge on any atom is -0.497 e. The van der Waals surface area contributed by atoms with Crippen LogP contribution in [0, 0.1) is 23.2 Å². The van der Waals surface area contributed by atoms with Crippen molar-refractivity contribution in [1.29, 1.82) is 0 Å². The van der Waals surface area contributed by atoms with Crippen LogP contribution in [0.1, 0.15) is 71.4 Å². The number of esters is 1. The number of nitrogens with one attached hydrogen (secondary N) is 2. The number of aromatic nitrogens is 2. The number of benzene rings is 1. The number of likely N-dealkylation sites (tertiary alicyclic amines) is 1. The third-order valence-electron chi connectivity index (χ3n) is 7.11. The van der Waals surface area contributed by atoms with E-state index in [0.717, 1.165) is 24.3 Å². The zero-order valence-corrected chi connectivity index (χ0v) is 24.4. The van der Waals surface area contributed by atoms with Crippen molar-refractivity contribution >= 4 is 29.0 Å². The van der Waals surface area contributed by atoms with Crippen molar-refractivity contribution in [3.05, 3.63) is 34.2 Å². The second-order valence-electron chi connectivity index (χ2n) is 11.4. The van der Waals surface area contributed by atoms with Gasteiger partial charge in [0.25, 0.3) is 5.56 Å². The first-order valence-electron chi connectivity index (χ1n) is 13.9. The Morgan fingerprint density at radius 2 is 1.95 bits per heavy atom. The number of unbranched alkanes of at least 4 members (excludes halogenated alkanes) is 1. The molecule has 0 spiro atoms. The third kappa shape index (κ3) is 8.96. The summed E-state index contributed by atoms with van der Waals surface area (Å²) in [6.45, 7) is 5.75. The Morgan fingerprint density at radius 3 is 2.56 bits per heavy atom. The van der Waals surface area contributed by atoms with Gasteiger partial charge in [0.15, 0.2) is 5.69 Å². The van der Waals surface area contributed by atoms with Crippen molar-refractivity contribution in [3.63, 3.8) is 0 Å². The maximum Gasteiger partial charge on any atom is 0.405 e. The average Bonchev–Trinajstić information content (AvgIpc) is 3.62. The summed E-state index contributed by atoms with van der Waals surface area (Å²) in [6.07, 6.45) is 5.95. The zero-order chi connectivity index (χ0) is 30.2. The maximum atomic E-state index is 12.6. The van der Waals surface area contributed by atoms with E-state index < -0.39 is 29.6 Å². The van der Waals surface area contributed by atoms with E-state index >= 15 is 0 Å². The van der Waals surface area contributed by atoms with E-state index in [0.29, 0.717) is 36.3 Å². The third-order valence-corrected chi connectivity index (χ3v) is 7.11. The van der Waals surface area contributed by atoms with Gasteiger partial charge in [-0.1, -0.05) is 39.5 Å². The van der Waals surface area contributed by atoms with Gasteiger partial charge in [-0.3, -0.25) is 9.59 Å². The Kier molecular flexibility index (Phi) is 10.8. The summed E-state index contributed by atoms with van der Waals surface area (Å²) in [6, 6.07) is 3.89. The summed E-state index contributed by atoms with van der Waals surface area (Å²) in [5.41, 5.74) is 0.847. The van der Waals surface area contributed by atoms with Gasteiger partial charge in [-0.25, -0.2) is 14.6 Å². The van der Waals surface area contributed by atoms with Gasteiger partial charge in [-0.2, -0.15) is 0 Å². The molecule has 2 amide bonds. The molecule has 2 aliphatic rings. The summed E-state index contributed by atoms with van der Waals surface area (Å²) >= 11 is 0. The number of nitrogens with zero attached hydrogens (tertiary/aromatic N) is 2. The highest BCUT2D eigenvalue weighted by Gasteiger charge is 2.42. The number of carbonyl (C=O) groups excluding carboxylic acids is 2. The lowest BCUT2D eigenvalue weighted by atomic mass is 9.85. The second-order valence-corrected chi connectivity index (χ2v) is 11.4. The molecule has 1 aliphatic heterocycles. The standard InChI is InChI=1S/C17H18N2O2.C13H22N2O5/c1-21-13-9-10-14-16(11-13)19-17(20)15(18-14)6-4-2-3-5-12-7-8-12;1-13(2,3)9(14-12(18)19)10(16)15-7-5-6-8(15)11(17)20-4/h9-12H,2-3,5,7-8H2,1H3,(H,19,20);8-9,14H,5-7H2,1-4H3,(H,18,19). The van der Waals surface area contributed by atoms with E-state index in [1.54, 1.807) is 33.9 Å². The van der Waals surface area contributed by atoms with Crippen LogP contribution in [0.5, 0.6) is 5.75 Å². The first-order valence-corrected chi connectivity index (χ1v) is 13.9. The highest BCUT2D eigenvalue weighted by Crippen LogP contribution is 2.33. The van der Waals surface area contributed by atoms with Gasteiger partial charge in [0.1, 0.15) is 17.8 Å². The predicted molar refractivity (Wildman–Crippen MR) is 154 cm³/mol. The summed E-state index contributed by atoms with van der Waals surface area (Å²) in [5.74, 6) is 6.73. The molecular weight excluding hydrogens is 528 g/mol. The molecule has 1 saturated heterocycles. The quantitative estimate of drug-likeness (QED) is 0.260. The second kappa shape index (κ2) is 14.0. The van der Waals surface area contributed by atoms with Gasteiger partial charge < -0.3 is 29.8 Å². The Hall–Kier alpha value is -4.07. The number of fused-ring (bicyclic) bond motifs is 1. The highest BCUT2D eigenvalue weighted by atomic mass is 16.5. The summed E-state index contributed by atoms with van der Waals surface area (Å²) in [5, 5.41) is 11.1. The molecule has 2 heterocycles. The molecule has 4 rings (SSSR count). The van der Waals surface area contributed by atoms with Crippen molar-refractivity contribution in [2.75, 3.05) is 20.8 Å². The number of methoxy groups -OCH3 is 2. The van der Waals surface area contributed by atoms with Crippen LogP contribution in [0.2, 0.25) is 0 Å². The molecule has 2 aromatic rings. The molecule has 3 N–H and O–H groups in total. The number of rotatable bonds is 7. The first kappa shape index (κ1) is 31.5. The largest absolute Gasteiger partial charge is 0.497 e. The average molecular weight is 569 g/mol. The van der Waals surface area contributed by atoms with Crippen molar-refractivity contribution in [2.24, 2.45) is 11.3 Å². The topological polar surface area (TPSA) is 151 Å². The molecule has 1 saturated carbocycles. The molecule has 2 unspecified atom stereocenters. The fourth-order valence-corrected chi connectivity index (χ4v) is 4.66. The fourth-order valence-electron chi connectivity index (χ4n) is 4.66. The van der Waals surface area contributed by atoms with Crippen LogP contribution in [0.15, 0.2) is 23.0 Å². The van der Waals surface area contributed by atoms with Crippen LogP contribution in [0.3, 0.4) is 0 Å². The number of carbonyl (C=O) groups is 3. The predicted octanol–water partition coefficient (Wildman–Crippen LogP) is 3.70. The Morgan fingerprint density at radius 1 is 1.22 bits per heavy atom. The smallest absolute Gasteiger partial charge is 0.405 e.